The van der Waals surface area contributed by atoms with E-state index in [2.05, 4.69) is 21.0 Å². The van der Waals surface area contributed by atoms with Gasteiger partial charge in [-0.25, -0.2) is 4.39 Å². The third kappa shape index (κ3) is 5.53. The summed E-state index contributed by atoms with van der Waals surface area (Å²) in [5, 5.41) is 13.0. The predicted octanol–water partition coefficient (Wildman–Crippen LogP) is 1.84. The highest BCUT2D eigenvalue weighted by atomic mass is 35.5. The van der Waals surface area contributed by atoms with Crippen molar-refractivity contribution in [3.63, 3.8) is 0 Å². The van der Waals surface area contributed by atoms with E-state index in [0.29, 0.717) is 11.3 Å². The molecule has 1 atom stereocenters. The van der Waals surface area contributed by atoms with Crippen LogP contribution >= 0.6 is 12.4 Å². The number of piperidine rings is 1. The molecule has 1 aromatic heterocycles. The minimum absolute atomic E-state index is 0. The molecule has 0 saturated carbocycles. The van der Waals surface area contributed by atoms with Crippen molar-refractivity contribution >= 4 is 24.2 Å². The molecular weight excluding hydrogens is 385 g/mol. The third-order valence-electron chi connectivity index (χ3n) is 4.62. The lowest BCUT2D eigenvalue weighted by molar-refractivity contribution is 0.0924. The Morgan fingerprint density at radius 2 is 2.00 bits per heavy atom. The van der Waals surface area contributed by atoms with Gasteiger partial charge in [-0.3, -0.25) is 14.3 Å². The van der Waals surface area contributed by atoms with Crippen molar-refractivity contribution in [3.8, 4) is 0 Å². The van der Waals surface area contributed by atoms with Gasteiger partial charge in [-0.1, -0.05) is 6.07 Å². The highest BCUT2D eigenvalue weighted by Gasteiger charge is 2.17. The van der Waals surface area contributed by atoms with Crippen molar-refractivity contribution in [1.82, 2.24) is 25.7 Å². The zero-order chi connectivity index (χ0) is 19.2. The van der Waals surface area contributed by atoms with Crippen LogP contribution in [0.3, 0.4) is 0 Å². The number of amides is 2. The molecular formula is C19H25ClFN5O2. The third-order valence-corrected chi connectivity index (χ3v) is 4.62. The van der Waals surface area contributed by atoms with Crippen LogP contribution in [0.5, 0.6) is 0 Å². The Balaban J connectivity index is 0.00000280. The zero-order valence-electron chi connectivity index (χ0n) is 15.7. The summed E-state index contributed by atoms with van der Waals surface area (Å²) < 4.78 is 15.3. The van der Waals surface area contributed by atoms with E-state index in [-0.39, 0.29) is 48.9 Å². The van der Waals surface area contributed by atoms with E-state index in [1.165, 1.54) is 6.07 Å². The van der Waals surface area contributed by atoms with Gasteiger partial charge in [0.2, 0.25) is 0 Å². The van der Waals surface area contributed by atoms with Gasteiger partial charge in [0, 0.05) is 31.4 Å². The van der Waals surface area contributed by atoms with Crippen molar-refractivity contribution in [3.05, 3.63) is 53.1 Å². The highest BCUT2D eigenvalue weighted by molar-refractivity contribution is 5.94. The minimum Gasteiger partial charge on any atom is -0.350 e. The monoisotopic (exact) mass is 409 g/mol. The molecule has 3 rings (SSSR count). The molecule has 3 N–H and O–H groups in total. The molecule has 7 nitrogen and oxygen atoms in total. The summed E-state index contributed by atoms with van der Waals surface area (Å²) in [4.78, 5) is 24.2. The Kier molecular flexibility index (Phi) is 7.95. The van der Waals surface area contributed by atoms with Crippen molar-refractivity contribution < 1.29 is 14.0 Å². The molecule has 0 radical (unpaired) electrons. The fraction of sp³-hybridized carbons (Fsp3) is 0.421. The predicted molar refractivity (Wildman–Crippen MR) is 106 cm³/mol. The van der Waals surface area contributed by atoms with E-state index in [0.717, 1.165) is 25.9 Å². The van der Waals surface area contributed by atoms with Gasteiger partial charge in [-0.05, 0) is 50.1 Å². The first-order valence-corrected chi connectivity index (χ1v) is 9.13. The summed E-state index contributed by atoms with van der Waals surface area (Å²) in [6.07, 6.45) is 3.96. The second-order valence-electron chi connectivity index (χ2n) is 6.66. The fourth-order valence-corrected chi connectivity index (χ4v) is 3.00. The lowest BCUT2D eigenvalue weighted by Crippen LogP contribution is -2.35. The molecule has 9 heteroatoms. The van der Waals surface area contributed by atoms with Gasteiger partial charge in [-0.2, -0.15) is 5.10 Å². The number of hydrogen-bond acceptors (Lipinski definition) is 4. The molecule has 1 aromatic carbocycles. The summed E-state index contributed by atoms with van der Waals surface area (Å²) in [6, 6.07) is 6.30. The molecule has 0 spiro atoms. The van der Waals surface area contributed by atoms with Gasteiger partial charge in [-0.15, -0.1) is 12.4 Å². The highest BCUT2D eigenvalue weighted by Crippen LogP contribution is 2.15. The summed E-state index contributed by atoms with van der Waals surface area (Å²) in [5.41, 5.74) is 1.10. The van der Waals surface area contributed by atoms with Crippen LogP contribution in [0.1, 0.15) is 45.3 Å². The molecule has 28 heavy (non-hydrogen) atoms. The Bertz CT molecular complexity index is 820. The van der Waals surface area contributed by atoms with Gasteiger partial charge in [0.1, 0.15) is 11.5 Å². The number of hydrogen-bond donors (Lipinski definition) is 3. The molecule has 152 valence electrons. The van der Waals surface area contributed by atoms with Crippen LogP contribution in [0.15, 0.2) is 30.5 Å². The number of aromatic nitrogens is 2. The Labute approximate surface area is 169 Å². The summed E-state index contributed by atoms with van der Waals surface area (Å²) >= 11 is 0. The van der Waals surface area contributed by atoms with E-state index in [9.17, 15) is 14.0 Å². The number of carbonyl (C=O) groups excluding carboxylic acids is 2. The average Bonchev–Trinajstić information content (AvgIpc) is 3.18. The number of benzene rings is 1. The van der Waals surface area contributed by atoms with E-state index in [4.69, 9.17) is 0 Å². The molecule has 2 amide bonds. The van der Waals surface area contributed by atoms with Crippen molar-refractivity contribution in [2.24, 2.45) is 0 Å². The van der Waals surface area contributed by atoms with Gasteiger partial charge in [0.15, 0.2) is 0 Å². The number of carbonyl (C=O) groups is 2. The Hall–Kier alpha value is -2.45. The van der Waals surface area contributed by atoms with Gasteiger partial charge in [0.05, 0.1) is 6.04 Å². The lowest BCUT2D eigenvalue weighted by Gasteiger charge is -2.22. The van der Waals surface area contributed by atoms with Crippen molar-refractivity contribution in [1.29, 1.82) is 0 Å². The zero-order valence-corrected chi connectivity index (χ0v) is 16.5. The molecule has 1 aliphatic heterocycles. The number of halogens is 2. The maximum absolute atomic E-state index is 13.5. The van der Waals surface area contributed by atoms with E-state index >= 15 is 0 Å². The first-order valence-electron chi connectivity index (χ1n) is 9.13. The molecule has 1 aliphatic rings. The van der Waals surface area contributed by atoms with Crippen LogP contribution in [0.25, 0.3) is 0 Å². The molecule has 1 saturated heterocycles. The minimum atomic E-state index is -0.417. The molecule has 1 fully saturated rings. The molecule has 2 heterocycles. The summed E-state index contributed by atoms with van der Waals surface area (Å²) in [5.74, 6) is -1.08. The first kappa shape index (κ1) is 21.8. The fourth-order valence-electron chi connectivity index (χ4n) is 3.00. The van der Waals surface area contributed by atoms with Crippen LogP contribution in [0, 0.1) is 12.7 Å². The van der Waals surface area contributed by atoms with Gasteiger partial charge < -0.3 is 16.0 Å². The average molecular weight is 410 g/mol. The van der Waals surface area contributed by atoms with Crippen LogP contribution in [0.2, 0.25) is 0 Å². The van der Waals surface area contributed by atoms with Crippen molar-refractivity contribution in [2.75, 3.05) is 26.2 Å². The van der Waals surface area contributed by atoms with Crippen LogP contribution in [-0.2, 0) is 0 Å². The number of rotatable bonds is 6. The molecule has 1 unspecified atom stereocenters. The number of nitrogens with zero attached hydrogens (tertiary/aromatic N) is 2. The van der Waals surface area contributed by atoms with Gasteiger partial charge in [0.25, 0.3) is 11.8 Å². The molecule has 2 aromatic rings. The summed E-state index contributed by atoms with van der Waals surface area (Å²) in [7, 11) is 0. The molecule has 0 bridgehead atoms. The Morgan fingerprint density at radius 1 is 1.25 bits per heavy atom. The summed E-state index contributed by atoms with van der Waals surface area (Å²) in [6.45, 7) is 4.02. The Morgan fingerprint density at radius 3 is 2.68 bits per heavy atom. The number of nitrogens with one attached hydrogen (secondary N) is 3. The SMILES string of the molecule is Cc1ccc(C(=O)NCCNC(=O)c2ccn(C3CCCNC3)n2)cc1F.Cl. The lowest BCUT2D eigenvalue weighted by atomic mass is 10.1. The normalized spacial score (nSPS) is 16.1. The van der Waals surface area contributed by atoms with Crippen molar-refractivity contribution in [2.45, 2.75) is 25.8 Å². The topological polar surface area (TPSA) is 88.0 Å². The van der Waals surface area contributed by atoms with E-state index in [1.54, 1.807) is 25.1 Å². The van der Waals surface area contributed by atoms with Crippen LogP contribution in [0.4, 0.5) is 4.39 Å². The first-order chi connectivity index (χ1) is 13.0. The van der Waals surface area contributed by atoms with E-state index in [1.807, 2.05) is 10.9 Å². The van der Waals surface area contributed by atoms with Gasteiger partial charge >= 0.3 is 0 Å². The van der Waals surface area contributed by atoms with Crippen LogP contribution < -0.4 is 16.0 Å². The second-order valence-corrected chi connectivity index (χ2v) is 6.66. The standard InChI is InChI=1S/C19H24FN5O2.ClH/c1-13-4-5-14(11-16(13)20)18(26)22-8-9-23-19(27)17-6-10-25(24-17)15-3-2-7-21-12-15;/h4-6,10-11,15,21H,2-3,7-9,12H2,1H3,(H,22,26)(H,23,27);1H. The maximum Gasteiger partial charge on any atom is 0.271 e. The van der Waals surface area contributed by atoms with Crippen LogP contribution in [-0.4, -0.2) is 47.8 Å². The quantitative estimate of drug-likeness (QED) is 0.635. The van der Waals surface area contributed by atoms with E-state index < -0.39 is 5.82 Å². The molecule has 0 aliphatic carbocycles. The number of aryl methyl sites for hydroxylation is 1. The largest absolute Gasteiger partial charge is 0.350 e. The maximum atomic E-state index is 13.5. The second kappa shape index (κ2) is 10.2. The smallest absolute Gasteiger partial charge is 0.271 e.